The van der Waals surface area contributed by atoms with Gasteiger partial charge in [0, 0.05) is 0 Å². The van der Waals surface area contributed by atoms with Crippen LogP contribution >= 0.6 is 0 Å². The minimum absolute atomic E-state index is 0.130. The van der Waals surface area contributed by atoms with Crippen LogP contribution in [0.4, 0.5) is 17.6 Å². The van der Waals surface area contributed by atoms with E-state index < -0.39 is 34.6 Å². The normalized spacial score (nSPS) is 25.4. The van der Waals surface area contributed by atoms with Crippen LogP contribution in [0.15, 0.2) is 24.3 Å². The highest BCUT2D eigenvalue weighted by Gasteiger charge is 2.36. The molecule has 174 valence electrons. The number of hydrogen-bond acceptors (Lipinski definition) is 1. The van der Waals surface area contributed by atoms with Crippen LogP contribution < -0.4 is 4.74 Å². The molecule has 0 amide bonds. The predicted octanol–water partition coefficient (Wildman–Crippen LogP) is 8.41. The molecule has 1 nitrogen and oxygen atoms in total. The second-order valence-electron chi connectivity index (χ2n) is 9.68. The summed E-state index contributed by atoms with van der Waals surface area (Å²) in [6.45, 7) is 2.24. The Kier molecular flexibility index (Phi) is 7.11. The number of unbranched alkanes of at least 4 members (excludes halogenated alkanes) is 1. The first-order chi connectivity index (χ1) is 15.4. The molecule has 32 heavy (non-hydrogen) atoms. The summed E-state index contributed by atoms with van der Waals surface area (Å²) in [6, 6.07) is 4.53. The molecule has 0 radical (unpaired) electrons. The lowest BCUT2D eigenvalue weighted by Crippen LogP contribution is -2.30. The lowest BCUT2D eigenvalue weighted by molar-refractivity contribution is 0.113. The number of methoxy groups -OCH3 is 1. The maximum Gasteiger partial charge on any atom is 0.190 e. The first-order valence-corrected chi connectivity index (χ1v) is 11.9. The second kappa shape index (κ2) is 9.84. The Morgan fingerprint density at radius 2 is 1.44 bits per heavy atom. The molecule has 0 bridgehead atoms. The zero-order valence-electron chi connectivity index (χ0n) is 18.9. The van der Waals surface area contributed by atoms with Gasteiger partial charge in [-0.1, -0.05) is 32.6 Å². The van der Waals surface area contributed by atoms with Crippen molar-refractivity contribution in [2.45, 2.75) is 70.6 Å². The predicted molar refractivity (Wildman–Crippen MR) is 119 cm³/mol. The van der Waals surface area contributed by atoms with Gasteiger partial charge >= 0.3 is 0 Å². The summed E-state index contributed by atoms with van der Waals surface area (Å²) in [5.41, 5.74) is 0.0838. The molecule has 2 saturated carbocycles. The Morgan fingerprint density at radius 3 is 2.06 bits per heavy atom. The highest BCUT2D eigenvalue weighted by molar-refractivity contribution is 5.66. The molecule has 2 aliphatic rings. The van der Waals surface area contributed by atoms with Gasteiger partial charge in [0.2, 0.25) is 0 Å². The van der Waals surface area contributed by atoms with Crippen LogP contribution in [0.5, 0.6) is 5.75 Å². The van der Waals surface area contributed by atoms with Gasteiger partial charge in [-0.15, -0.1) is 0 Å². The summed E-state index contributed by atoms with van der Waals surface area (Å²) in [5.74, 6) is -1.77. The van der Waals surface area contributed by atoms with Crippen molar-refractivity contribution in [2.24, 2.45) is 17.8 Å². The number of hydrogen-bond donors (Lipinski definition) is 0. The first-order valence-electron chi connectivity index (χ1n) is 11.9. The summed E-state index contributed by atoms with van der Waals surface area (Å²) in [6.07, 6.45) is 10.7. The molecule has 0 aliphatic heterocycles. The Balaban J connectivity index is 1.51. The molecule has 4 atom stereocenters. The van der Waals surface area contributed by atoms with Gasteiger partial charge in [0.15, 0.2) is 17.4 Å². The van der Waals surface area contributed by atoms with E-state index in [1.165, 1.54) is 50.7 Å². The number of ether oxygens (including phenoxy) is 1. The van der Waals surface area contributed by atoms with Gasteiger partial charge in [0.1, 0.15) is 11.6 Å². The lowest BCUT2D eigenvalue weighted by atomic mass is 9.63. The zero-order chi connectivity index (χ0) is 22.8. The largest absolute Gasteiger partial charge is 0.491 e. The van der Waals surface area contributed by atoms with Crippen molar-refractivity contribution in [3.8, 4) is 16.9 Å². The van der Waals surface area contributed by atoms with Gasteiger partial charge in [-0.2, -0.15) is 0 Å². The van der Waals surface area contributed by atoms with E-state index in [2.05, 4.69) is 11.7 Å². The van der Waals surface area contributed by atoms with Gasteiger partial charge in [-0.3, -0.25) is 0 Å². The van der Waals surface area contributed by atoms with E-state index in [9.17, 15) is 17.6 Å². The molecule has 2 aromatic carbocycles. The Hall–Kier alpha value is -2.04. The van der Waals surface area contributed by atoms with Gasteiger partial charge in [0.05, 0.1) is 12.7 Å². The number of halogens is 4. The van der Waals surface area contributed by atoms with E-state index in [1.54, 1.807) is 0 Å². The maximum atomic E-state index is 15.0. The monoisotopic (exact) mass is 448 g/mol. The van der Waals surface area contributed by atoms with Crippen LogP contribution in [-0.2, 0) is 0 Å². The van der Waals surface area contributed by atoms with Gasteiger partial charge < -0.3 is 4.74 Å². The van der Waals surface area contributed by atoms with Gasteiger partial charge in [-0.05, 0) is 91.2 Å². The minimum atomic E-state index is -0.988. The van der Waals surface area contributed by atoms with Crippen molar-refractivity contribution in [3.63, 3.8) is 0 Å². The Labute approximate surface area is 188 Å². The van der Waals surface area contributed by atoms with Crippen molar-refractivity contribution >= 4 is 0 Å². The summed E-state index contributed by atoms with van der Waals surface area (Å²) in [7, 11) is 1.14. The van der Waals surface area contributed by atoms with Crippen LogP contribution in [0.25, 0.3) is 11.1 Å². The molecule has 0 saturated heterocycles. The van der Waals surface area contributed by atoms with Crippen molar-refractivity contribution in [3.05, 3.63) is 53.1 Å². The van der Waals surface area contributed by atoms with E-state index in [-0.39, 0.29) is 11.5 Å². The summed E-state index contributed by atoms with van der Waals surface area (Å²) in [5, 5.41) is 0. The maximum absolute atomic E-state index is 15.0. The summed E-state index contributed by atoms with van der Waals surface area (Å²) < 4.78 is 62.8. The fraction of sp³-hybridized carbons (Fsp3) is 0.556. The number of rotatable bonds is 6. The molecule has 2 fully saturated rings. The van der Waals surface area contributed by atoms with Crippen LogP contribution in [0, 0.1) is 41.0 Å². The molecule has 2 aromatic rings. The lowest BCUT2D eigenvalue weighted by Gasteiger charge is -2.42. The topological polar surface area (TPSA) is 9.23 Å². The smallest absolute Gasteiger partial charge is 0.190 e. The number of fused-ring (bicyclic) bond motifs is 1. The van der Waals surface area contributed by atoms with Crippen molar-refractivity contribution in [1.29, 1.82) is 0 Å². The van der Waals surface area contributed by atoms with Crippen LogP contribution in [0.3, 0.4) is 0 Å². The van der Waals surface area contributed by atoms with Crippen molar-refractivity contribution < 1.29 is 22.3 Å². The van der Waals surface area contributed by atoms with E-state index in [0.29, 0.717) is 11.5 Å². The molecule has 5 heteroatoms. The molecule has 2 aliphatic carbocycles. The molecule has 0 spiro atoms. The summed E-state index contributed by atoms with van der Waals surface area (Å²) in [4.78, 5) is 0. The SMILES string of the molecule is CCCCC1CC[C@@H]2C[C@H](c3cc(F)c(-c4cc(F)c(OC)c(F)c4)c(F)c3)CC[C@@H]2C1. The fourth-order valence-electron chi connectivity index (χ4n) is 6.05. The molecule has 0 heterocycles. The van der Waals surface area contributed by atoms with Crippen molar-refractivity contribution in [1.82, 2.24) is 0 Å². The molecule has 1 unspecified atom stereocenters. The molecular formula is C27H32F4O. The average Bonchev–Trinajstić information content (AvgIpc) is 2.76. The fourth-order valence-corrected chi connectivity index (χ4v) is 6.05. The van der Waals surface area contributed by atoms with E-state index in [1.807, 2.05) is 0 Å². The Morgan fingerprint density at radius 1 is 0.812 bits per heavy atom. The van der Waals surface area contributed by atoms with E-state index in [4.69, 9.17) is 0 Å². The van der Waals surface area contributed by atoms with Gasteiger partial charge in [-0.25, -0.2) is 17.6 Å². The standard InChI is InChI=1S/C27H32F4O/c1-3-4-5-16-6-7-18-11-19(9-8-17(18)10-16)20-12-22(28)26(23(29)13-20)21-14-24(30)27(32-2)25(31)15-21/h12-19H,3-11H2,1-2H3/t16?,17-,18-,19-/m1/s1. The Bertz CT molecular complexity index is 911. The molecule has 0 N–H and O–H groups in total. The molecular weight excluding hydrogens is 416 g/mol. The zero-order valence-corrected chi connectivity index (χ0v) is 18.9. The third kappa shape index (κ3) is 4.67. The third-order valence-electron chi connectivity index (χ3n) is 7.71. The van der Waals surface area contributed by atoms with Gasteiger partial charge in [0.25, 0.3) is 0 Å². The first kappa shape index (κ1) is 23.1. The highest BCUT2D eigenvalue weighted by atomic mass is 19.1. The average molecular weight is 449 g/mol. The summed E-state index contributed by atoms with van der Waals surface area (Å²) >= 11 is 0. The quantitative estimate of drug-likeness (QED) is 0.403. The van der Waals surface area contributed by atoms with Crippen LogP contribution in [-0.4, -0.2) is 7.11 Å². The molecule has 4 rings (SSSR count). The third-order valence-corrected chi connectivity index (χ3v) is 7.71. The molecule has 0 aromatic heterocycles. The minimum Gasteiger partial charge on any atom is -0.491 e. The van der Waals surface area contributed by atoms with Crippen LogP contribution in [0.1, 0.15) is 76.2 Å². The van der Waals surface area contributed by atoms with Crippen molar-refractivity contribution in [2.75, 3.05) is 7.11 Å². The van der Waals surface area contributed by atoms with E-state index >= 15 is 0 Å². The second-order valence-corrected chi connectivity index (χ2v) is 9.68. The van der Waals surface area contributed by atoms with Crippen LogP contribution in [0.2, 0.25) is 0 Å². The number of benzene rings is 2. The van der Waals surface area contributed by atoms with E-state index in [0.717, 1.165) is 50.3 Å². The highest BCUT2D eigenvalue weighted by Crippen LogP contribution is 2.49.